The van der Waals surface area contributed by atoms with Crippen LogP contribution in [0.4, 0.5) is 5.82 Å². The lowest BCUT2D eigenvalue weighted by Crippen LogP contribution is -2.49. The molecule has 0 amide bonds. The summed E-state index contributed by atoms with van der Waals surface area (Å²) < 4.78 is 46.3. The summed E-state index contributed by atoms with van der Waals surface area (Å²) in [6.45, 7) is 2.00. The monoisotopic (exact) mass is 565 g/mol. The van der Waals surface area contributed by atoms with Gasteiger partial charge in [0.25, 0.3) is 0 Å². The number of furan rings is 1. The first-order valence-corrected chi connectivity index (χ1v) is 14.0. The first-order chi connectivity index (χ1) is 19.2. The molecule has 208 valence electrons. The van der Waals surface area contributed by atoms with Crippen LogP contribution in [0.1, 0.15) is 23.7 Å². The number of piperidine rings is 1. The van der Waals surface area contributed by atoms with Gasteiger partial charge in [0.05, 0.1) is 38.0 Å². The predicted molar refractivity (Wildman–Crippen MR) is 143 cm³/mol. The molecule has 3 aromatic heterocycles. The minimum atomic E-state index is -3.91. The average molecular weight is 566 g/mol. The van der Waals surface area contributed by atoms with E-state index in [-0.39, 0.29) is 36.9 Å². The third-order valence-electron chi connectivity index (χ3n) is 6.60. The first-order valence-electron chi connectivity index (χ1n) is 12.3. The Balaban J connectivity index is 1.55. The van der Waals surface area contributed by atoms with Crippen molar-refractivity contribution >= 4 is 15.7 Å². The largest absolute Gasteiger partial charge is 0.494 e. The number of nitriles is 1. The number of ether oxygens (including phenoxy) is 2. The number of anilines is 1. The standard InChI is InChI=1S/C26H27N7O6S/c1-16-7-8-22(39-16)26-31-30-24(33(26)25-20(37-2)5-4-6-21(25)38-3)15-40(35,36)19-9-18(34)13-32(14-19)23-12-28-11-17(10-27)29-23/h4-8,11-12,18-19,34H,9,13-15H2,1-3H3/t18-,19+/m1/s1. The normalized spacial score (nSPS) is 17.4. The van der Waals surface area contributed by atoms with Crippen LogP contribution in [0, 0.1) is 18.3 Å². The zero-order valence-electron chi connectivity index (χ0n) is 22.1. The molecule has 1 aromatic carbocycles. The van der Waals surface area contributed by atoms with Crippen molar-refractivity contribution in [1.29, 1.82) is 5.26 Å². The third kappa shape index (κ3) is 5.21. The maximum Gasteiger partial charge on any atom is 0.204 e. The number of hydrogen-bond donors (Lipinski definition) is 1. The minimum absolute atomic E-state index is 0.0283. The second-order valence-electron chi connectivity index (χ2n) is 9.29. The minimum Gasteiger partial charge on any atom is -0.494 e. The van der Waals surface area contributed by atoms with Gasteiger partial charge in [-0.25, -0.2) is 13.4 Å². The number of aliphatic hydroxyl groups excluding tert-OH is 1. The summed E-state index contributed by atoms with van der Waals surface area (Å²) in [4.78, 5) is 9.84. The number of β-amino-alcohol motifs (C(OH)–C–C–N with tert-alkyl or cyclic N) is 1. The number of aliphatic hydroxyl groups is 1. The van der Waals surface area contributed by atoms with Crippen LogP contribution in [-0.4, -0.2) is 76.9 Å². The van der Waals surface area contributed by atoms with E-state index in [0.29, 0.717) is 34.5 Å². The summed E-state index contributed by atoms with van der Waals surface area (Å²) in [7, 11) is -0.914. The Hall–Kier alpha value is -4.48. The van der Waals surface area contributed by atoms with Gasteiger partial charge in [0.15, 0.2) is 27.1 Å². The fourth-order valence-electron chi connectivity index (χ4n) is 4.75. The number of nitrogens with zero attached hydrogens (tertiary/aromatic N) is 7. The molecule has 1 saturated heterocycles. The van der Waals surface area contributed by atoms with Gasteiger partial charge in [-0.15, -0.1) is 10.2 Å². The molecule has 2 atom stereocenters. The van der Waals surface area contributed by atoms with Crippen LogP contribution in [0.3, 0.4) is 0 Å². The number of aromatic nitrogens is 5. The van der Waals surface area contributed by atoms with Crippen LogP contribution in [-0.2, 0) is 15.6 Å². The molecule has 4 heterocycles. The third-order valence-corrected chi connectivity index (χ3v) is 8.62. The van der Waals surface area contributed by atoms with Crippen LogP contribution in [0.25, 0.3) is 17.3 Å². The van der Waals surface area contributed by atoms with Crippen molar-refractivity contribution in [3.05, 3.63) is 60.0 Å². The Bertz CT molecular complexity index is 1650. The van der Waals surface area contributed by atoms with E-state index in [0.717, 1.165) is 0 Å². The molecule has 1 aliphatic heterocycles. The van der Waals surface area contributed by atoms with Crippen LogP contribution in [0.5, 0.6) is 11.5 Å². The highest BCUT2D eigenvalue weighted by molar-refractivity contribution is 7.91. The fourth-order valence-corrected chi connectivity index (χ4v) is 6.45. The molecule has 0 spiro atoms. The number of sulfone groups is 1. The van der Waals surface area contributed by atoms with Crippen molar-refractivity contribution in [1.82, 2.24) is 24.7 Å². The molecular formula is C26H27N7O6S. The Morgan fingerprint density at radius 2 is 1.88 bits per heavy atom. The van der Waals surface area contributed by atoms with E-state index in [9.17, 15) is 18.8 Å². The maximum absolute atomic E-state index is 13.8. The molecule has 1 fully saturated rings. The molecule has 1 N–H and O–H groups in total. The number of methoxy groups -OCH3 is 2. The summed E-state index contributed by atoms with van der Waals surface area (Å²) in [5.74, 6) is 2.07. The van der Waals surface area contributed by atoms with Crippen LogP contribution >= 0.6 is 0 Å². The Morgan fingerprint density at radius 3 is 2.52 bits per heavy atom. The second-order valence-corrected chi connectivity index (χ2v) is 11.6. The van der Waals surface area contributed by atoms with E-state index in [1.54, 1.807) is 46.7 Å². The molecule has 0 radical (unpaired) electrons. The fraction of sp³-hybridized carbons (Fsp3) is 0.346. The van der Waals surface area contributed by atoms with Crippen LogP contribution < -0.4 is 14.4 Å². The molecule has 40 heavy (non-hydrogen) atoms. The summed E-state index contributed by atoms with van der Waals surface area (Å²) in [6.07, 6.45) is 1.84. The molecule has 0 unspecified atom stereocenters. The van der Waals surface area contributed by atoms with Gasteiger partial charge >= 0.3 is 0 Å². The number of benzene rings is 1. The zero-order valence-corrected chi connectivity index (χ0v) is 22.9. The van der Waals surface area contributed by atoms with E-state index in [1.807, 2.05) is 6.07 Å². The second kappa shape index (κ2) is 10.9. The van der Waals surface area contributed by atoms with E-state index in [4.69, 9.17) is 13.9 Å². The molecule has 5 rings (SSSR count). The predicted octanol–water partition coefficient (Wildman–Crippen LogP) is 2.07. The summed E-state index contributed by atoms with van der Waals surface area (Å²) in [5, 5.41) is 27.4. The summed E-state index contributed by atoms with van der Waals surface area (Å²) in [6, 6.07) is 10.6. The van der Waals surface area contributed by atoms with Gasteiger partial charge in [0, 0.05) is 13.1 Å². The van der Waals surface area contributed by atoms with Crippen molar-refractivity contribution in [3.63, 3.8) is 0 Å². The van der Waals surface area contributed by atoms with Gasteiger partial charge < -0.3 is 23.9 Å². The Morgan fingerprint density at radius 1 is 1.12 bits per heavy atom. The molecule has 0 bridgehead atoms. The lowest BCUT2D eigenvalue weighted by Gasteiger charge is -2.35. The first kappa shape index (κ1) is 27.1. The summed E-state index contributed by atoms with van der Waals surface area (Å²) in [5.41, 5.74) is 0.511. The van der Waals surface area contributed by atoms with Gasteiger partial charge in [-0.05, 0) is 37.6 Å². The number of rotatable bonds is 8. The van der Waals surface area contributed by atoms with Crippen molar-refractivity contribution in [2.24, 2.45) is 0 Å². The van der Waals surface area contributed by atoms with Crippen molar-refractivity contribution in [2.75, 3.05) is 32.2 Å². The highest BCUT2D eigenvalue weighted by atomic mass is 32.2. The van der Waals surface area contributed by atoms with Crippen LogP contribution in [0.2, 0.25) is 0 Å². The molecule has 4 aromatic rings. The zero-order chi connectivity index (χ0) is 28.4. The molecule has 14 heteroatoms. The molecule has 1 aliphatic rings. The summed E-state index contributed by atoms with van der Waals surface area (Å²) >= 11 is 0. The lowest BCUT2D eigenvalue weighted by molar-refractivity contribution is 0.154. The van der Waals surface area contributed by atoms with Gasteiger partial charge in [0.2, 0.25) is 5.82 Å². The van der Waals surface area contributed by atoms with E-state index in [1.165, 1.54) is 26.6 Å². The van der Waals surface area contributed by atoms with Gasteiger partial charge in [-0.1, -0.05) is 6.07 Å². The van der Waals surface area contributed by atoms with Crippen molar-refractivity contribution in [3.8, 4) is 34.8 Å². The highest BCUT2D eigenvalue weighted by Gasteiger charge is 2.37. The molecule has 0 saturated carbocycles. The number of para-hydroxylation sites is 1. The van der Waals surface area contributed by atoms with Crippen molar-refractivity contribution < 1.29 is 27.4 Å². The van der Waals surface area contributed by atoms with E-state index in [2.05, 4.69) is 20.2 Å². The smallest absolute Gasteiger partial charge is 0.204 e. The molecule has 0 aliphatic carbocycles. The molecule has 13 nitrogen and oxygen atoms in total. The SMILES string of the molecule is COc1cccc(OC)c1-n1c(CS(=O)(=O)[C@H]2C[C@@H](O)CN(c3cncc(C#N)n3)C2)nnc1-c1ccc(C)o1. The van der Waals surface area contributed by atoms with Crippen LogP contribution in [0.15, 0.2) is 47.1 Å². The lowest BCUT2D eigenvalue weighted by atomic mass is 10.1. The van der Waals surface area contributed by atoms with Gasteiger partial charge in [-0.3, -0.25) is 9.55 Å². The average Bonchev–Trinajstić information content (AvgIpc) is 3.57. The Labute approximate surface area is 230 Å². The van der Waals surface area contributed by atoms with Gasteiger partial charge in [-0.2, -0.15) is 5.26 Å². The van der Waals surface area contributed by atoms with E-state index >= 15 is 0 Å². The highest BCUT2D eigenvalue weighted by Crippen LogP contribution is 2.37. The number of hydrogen-bond acceptors (Lipinski definition) is 12. The maximum atomic E-state index is 13.8. The van der Waals surface area contributed by atoms with E-state index < -0.39 is 26.9 Å². The molecular weight excluding hydrogens is 538 g/mol. The number of aryl methyl sites for hydroxylation is 1. The quantitative estimate of drug-likeness (QED) is 0.330. The topological polar surface area (TPSA) is 169 Å². The van der Waals surface area contributed by atoms with Gasteiger partial charge in [0.1, 0.15) is 40.6 Å². The Kier molecular flexibility index (Phi) is 7.42. The van der Waals surface area contributed by atoms with Crippen molar-refractivity contribution in [2.45, 2.75) is 30.5 Å².